The summed E-state index contributed by atoms with van der Waals surface area (Å²) in [7, 11) is 0.485. The molecule has 0 saturated carbocycles. The van der Waals surface area contributed by atoms with Crippen molar-refractivity contribution in [3.63, 3.8) is 0 Å². The van der Waals surface area contributed by atoms with Crippen LogP contribution in [0.3, 0.4) is 0 Å². The van der Waals surface area contributed by atoms with Gasteiger partial charge in [0.2, 0.25) is 0 Å². The first-order valence-corrected chi connectivity index (χ1v) is 15.8. The summed E-state index contributed by atoms with van der Waals surface area (Å²) in [6, 6.07) is 4.27. The summed E-state index contributed by atoms with van der Waals surface area (Å²) in [5, 5.41) is 15.5. The van der Waals surface area contributed by atoms with Crippen LogP contribution in [0, 0.1) is 17.7 Å². The molecule has 2 aromatic heterocycles. The van der Waals surface area contributed by atoms with E-state index in [9.17, 15) is 9.50 Å². The third kappa shape index (κ3) is 7.66. The summed E-state index contributed by atoms with van der Waals surface area (Å²) in [5.74, 6) is 5.03. The molecule has 1 aromatic carbocycles. The Morgan fingerprint density at radius 1 is 1.17 bits per heavy atom. The SMILES string of the molecule is COCCCn1cc(-c2cn(COCC[Si](C)(C)C)nc2Cl)c2cc(C#CC(C)(C)O)c(F)cc21. The van der Waals surface area contributed by atoms with Crippen molar-refractivity contribution in [2.24, 2.45) is 0 Å². The Morgan fingerprint density at radius 3 is 2.57 bits per heavy atom. The largest absolute Gasteiger partial charge is 0.385 e. The summed E-state index contributed by atoms with van der Waals surface area (Å²) < 4.78 is 29.6. The van der Waals surface area contributed by atoms with E-state index >= 15 is 0 Å². The molecule has 0 fully saturated rings. The number of rotatable bonds is 10. The summed E-state index contributed by atoms with van der Waals surface area (Å²) in [6.07, 6.45) is 4.60. The maximum Gasteiger partial charge on any atom is 0.159 e. The van der Waals surface area contributed by atoms with Crippen LogP contribution < -0.4 is 0 Å². The normalized spacial score (nSPS) is 12.3. The predicted molar refractivity (Wildman–Crippen MR) is 142 cm³/mol. The maximum absolute atomic E-state index is 14.9. The van der Waals surface area contributed by atoms with E-state index in [1.807, 2.05) is 17.0 Å². The fourth-order valence-corrected chi connectivity index (χ4v) is 4.59. The molecule has 9 heteroatoms. The lowest BCUT2D eigenvalue weighted by atomic mass is 10.0. The molecule has 3 aromatic rings. The number of hydrogen-bond donors (Lipinski definition) is 1. The van der Waals surface area contributed by atoms with Gasteiger partial charge in [0, 0.05) is 63.8 Å². The van der Waals surface area contributed by atoms with Gasteiger partial charge in [0.1, 0.15) is 18.1 Å². The van der Waals surface area contributed by atoms with Crippen molar-refractivity contribution in [3.8, 4) is 23.0 Å². The van der Waals surface area contributed by atoms with Crippen molar-refractivity contribution >= 4 is 30.6 Å². The van der Waals surface area contributed by atoms with Gasteiger partial charge in [-0.15, -0.1) is 0 Å². The lowest BCUT2D eigenvalue weighted by Gasteiger charge is -2.15. The van der Waals surface area contributed by atoms with E-state index in [1.54, 1.807) is 31.7 Å². The minimum atomic E-state index is -1.23. The monoisotopic (exact) mass is 519 g/mol. The highest BCUT2D eigenvalue weighted by Gasteiger charge is 2.19. The van der Waals surface area contributed by atoms with Crippen LogP contribution in [0.2, 0.25) is 30.8 Å². The summed E-state index contributed by atoms with van der Waals surface area (Å²) >= 11 is 6.55. The number of aryl methyl sites for hydroxylation is 1. The van der Waals surface area contributed by atoms with Gasteiger partial charge in [-0.2, -0.15) is 5.10 Å². The molecular weight excluding hydrogens is 485 g/mol. The Bertz CT molecular complexity index is 1230. The van der Waals surface area contributed by atoms with E-state index in [0.717, 1.165) is 34.5 Å². The van der Waals surface area contributed by atoms with Crippen molar-refractivity contribution < 1.29 is 19.0 Å². The molecule has 190 valence electrons. The van der Waals surface area contributed by atoms with Crippen LogP contribution in [-0.4, -0.2) is 53.5 Å². The third-order valence-electron chi connectivity index (χ3n) is 5.45. The summed E-state index contributed by atoms with van der Waals surface area (Å²) in [4.78, 5) is 0. The molecule has 35 heavy (non-hydrogen) atoms. The van der Waals surface area contributed by atoms with E-state index in [4.69, 9.17) is 21.1 Å². The number of ether oxygens (including phenoxy) is 2. The smallest absolute Gasteiger partial charge is 0.159 e. The molecule has 0 aliphatic heterocycles. The average Bonchev–Trinajstić information content (AvgIpc) is 3.28. The highest BCUT2D eigenvalue weighted by atomic mass is 35.5. The van der Waals surface area contributed by atoms with E-state index in [-0.39, 0.29) is 5.56 Å². The van der Waals surface area contributed by atoms with Gasteiger partial charge >= 0.3 is 0 Å². The lowest BCUT2D eigenvalue weighted by molar-refractivity contribution is 0.0786. The summed E-state index contributed by atoms with van der Waals surface area (Å²) in [6.45, 7) is 12.3. The first-order valence-electron chi connectivity index (χ1n) is 11.8. The zero-order chi connectivity index (χ0) is 25.8. The highest BCUT2D eigenvalue weighted by molar-refractivity contribution is 6.76. The fraction of sp³-hybridized carbons (Fsp3) is 0.500. The van der Waals surface area contributed by atoms with Crippen molar-refractivity contribution in [2.45, 2.75) is 64.8 Å². The van der Waals surface area contributed by atoms with E-state index < -0.39 is 19.5 Å². The number of halogens is 2. The number of aromatic nitrogens is 3. The van der Waals surface area contributed by atoms with E-state index in [1.165, 1.54) is 6.07 Å². The molecule has 0 radical (unpaired) electrons. The zero-order valence-electron chi connectivity index (χ0n) is 21.4. The second-order valence-electron chi connectivity index (χ2n) is 10.5. The first kappa shape index (κ1) is 27.4. The molecule has 2 heterocycles. The van der Waals surface area contributed by atoms with Crippen molar-refractivity contribution in [3.05, 3.63) is 41.1 Å². The standard InChI is InChI=1S/C26H35ClFN3O3Si/c1-26(2,32)9-8-19-14-20-21(16-30(10-7-11-33-3)24(20)15-23(19)28)22-17-31(29-25(22)27)18-34-12-13-35(4,5)6/h14-17,32H,7,10-13,18H2,1-6H3. The minimum absolute atomic E-state index is 0.216. The quantitative estimate of drug-likeness (QED) is 0.210. The van der Waals surface area contributed by atoms with Crippen molar-refractivity contribution in [2.75, 3.05) is 20.3 Å². The maximum atomic E-state index is 14.9. The van der Waals surface area contributed by atoms with Gasteiger partial charge in [-0.05, 0) is 38.4 Å². The second-order valence-corrected chi connectivity index (χ2v) is 16.4. The molecule has 1 N–H and O–H groups in total. The van der Waals surface area contributed by atoms with Gasteiger partial charge in [-0.3, -0.25) is 0 Å². The van der Waals surface area contributed by atoms with Gasteiger partial charge in [-0.1, -0.05) is 43.1 Å². The third-order valence-corrected chi connectivity index (χ3v) is 7.43. The molecule has 0 bridgehead atoms. The zero-order valence-corrected chi connectivity index (χ0v) is 23.2. The van der Waals surface area contributed by atoms with E-state index in [2.05, 4.69) is 36.6 Å². The number of fused-ring (bicyclic) bond motifs is 1. The van der Waals surface area contributed by atoms with Crippen molar-refractivity contribution in [1.82, 2.24) is 14.3 Å². The fourth-order valence-electron chi connectivity index (χ4n) is 3.59. The Balaban J connectivity index is 1.99. The average molecular weight is 520 g/mol. The Labute approximate surface area is 213 Å². The van der Waals surface area contributed by atoms with Crippen LogP contribution >= 0.6 is 11.6 Å². The van der Waals surface area contributed by atoms with Crippen LogP contribution in [0.4, 0.5) is 4.39 Å². The van der Waals surface area contributed by atoms with Crippen LogP contribution in [0.25, 0.3) is 22.0 Å². The minimum Gasteiger partial charge on any atom is -0.385 e. The van der Waals surface area contributed by atoms with E-state index in [0.29, 0.717) is 31.6 Å². The molecule has 3 rings (SSSR count). The molecule has 0 amide bonds. The molecule has 0 spiro atoms. The molecular formula is C26H35ClFN3O3Si. The van der Waals surface area contributed by atoms with Crippen LogP contribution in [0.5, 0.6) is 0 Å². The van der Waals surface area contributed by atoms with Crippen LogP contribution in [0.15, 0.2) is 24.5 Å². The molecule has 0 aliphatic rings. The van der Waals surface area contributed by atoms with Gasteiger partial charge in [0.05, 0.1) is 11.1 Å². The molecule has 0 unspecified atom stereocenters. The van der Waals surface area contributed by atoms with Crippen LogP contribution in [-0.2, 0) is 22.7 Å². The second kappa shape index (κ2) is 11.3. The molecule has 0 atom stereocenters. The molecule has 0 saturated heterocycles. The highest BCUT2D eigenvalue weighted by Crippen LogP contribution is 2.36. The topological polar surface area (TPSA) is 61.4 Å². The van der Waals surface area contributed by atoms with Gasteiger partial charge in [0.25, 0.3) is 0 Å². The Hall–Kier alpha value is -2.15. The number of methoxy groups -OCH3 is 1. The Morgan fingerprint density at radius 2 is 1.91 bits per heavy atom. The lowest BCUT2D eigenvalue weighted by Crippen LogP contribution is -2.22. The number of hydrogen-bond acceptors (Lipinski definition) is 4. The van der Waals surface area contributed by atoms with Crippen LogP contribution in [0.1, 0.15) is 25.8 Å². The van der Waals surface area contributed by atoms with Gasteiger partial charge in [0.15, 0.2) is 5.15 Å². The molecule has 0 aliphatic carbocycles. The van der Waals surface area contributed by atoms with Crippen molar-refractivity contribution in [1.29, 1.82) is 0 Å². The number of aliphatic hydroxyl groups is 1. The Kier molecular flexibility index (Phi) is 8.84. The molecule has 6 nitrogen and oxygen atoms in total. The number of benzene rings is 1. The first-order chi connectivity index (χ1) is 16.4. The predicted octanol–water partition coefficient (Wildman–Crippen LogP) is 5.77. The number of nitrogens with zero attached hydrogens (tertiary/aromatic N) is 3. The van der Waals surface area contributed by atoms with Gasteiger partial charge < -0.3 is 19.1 Å². The van der Waals surface area contributed by atoms with Gasteiger partial charge in [-0.25, -0.2) is 9.07 Å². The summed E-state index contributed by atoms with van der Waals surface area (Å²) in [5.41, 5.74) is 1.30.